The predicted octanol–water partition coefficient (Wildman–Crippen LogP) is 4.55. The highest BCUT2D eigenvalue weighted by molar-refractivity contribution is 7.22. The first-order chi connectivity index (χ1) is 11.0. The molecule has 0 bridgehead atoms. The average Bonchev–Trinajstić information content (AvgIpc) is 2.91. The number of carbonyl (C=O) groups excluding carboxylic acids is 1. The van der Waals surface area contributed by atoms with Crippen molar-refractivity contribution < 1.29 is 13.9 Å². The molecule has 118 valence electrons. The van der Waals surface area contributed by atoms with Gasteiger partial charge in [-0.25, -0.2) is 9.37 Å². The summed E-state index contributed by atoms with van der Waals surface area (Å²) < 4.78 is 18.7. The number of ether oxygens (including phenoxy) is 1. The van der Waals surface area contributed by atoms with E-state index in [1.54, 1.807) is 24.3 Å². The molecule has 23 heavy (non-hydrogen) atoms. The van der Waals surface area contributed by atoms with Gasteiger partial charge in [-0.05, 0) is 29.8 Å². The standard InChI is InChI=1S/C16H12ClFN2O2S/c1-22-15(21)7-9-2-4-12(11(17)6-9)19-16-20-13-8-10(18)3-5-14(13)23-16/h2-6,8H,7H2,1H3,(H,19,20). The summed E-state index contributed by atoms with van der Waals surface area (Å²) in [4.78, 5) is 15.6. The topological polar surface area (TPSA) is 51.2 Å². The van der Waals surface area contributed by atoms with E-state index in [2.05, 4.69) is 15.0 Å². The van der Waals surface area contributed by atoms with Crippen LogP contribution in [0.3, 0.4) is 0 Å². The van der Waals surface area contributed by atoms with Gasteiger partial charge in [-0.3, -0.25) is 4.79 Å². The normalized spacial score (nSPS) is 10.7. The van der Waals surface area contributed by atoms with Crippen molar-refractivity contribution in [1.82, 2.24) is 4.98 Å². The number of fused-ring (bicyclic) bond motifs is 1. The lowest BCUT2D eigenvalue weighted by Crippen LogP contribution is -2.04. The molecule has 0 unspecified atom stereocenters. The molecule has 3 rings (SSSR count). The molecule has 7 heteroatoms. The smallest absolute Gasteiger partial charge is 0.309 e. The van der Waals surface area contributed by atoms with Gasteiger partial charge in [0.05, 0.1) is 34.5 Å². The number of hydrogen-bond acceptors (Lipinski definition) is 5. The van der Waals surface area contributed by atoms with Crippen LogP contribution in [0.25, 0.3) is 10.2 Å². The maximum absolute atomic E-state index is 13.2. The number of anilines is 2. The highest BCUT2D eigenvalue weighted by atomic mass is 35.5. The van der Waals surface area contributed by atoms with E-state index in [0.29, 0.717) is 21.4 Å². The molecule has 0 aliphatic heterocycles. The van der Waals surface area contributed by atoms with Crippen LogP contribution in [-0.2, 0) is 16.0 Å². The highest BCUT2D eigenvalue weighted by Crippen LogP contribution is 2.32. The second-order valence-corrected chi connectivity index (χ2v) is 6.26. The monoisotopic (exact) mass is 350 g/mol. The summed E-state index contributed by atoms with van der Waals surface area (Å²) in [7, 11) is 1.34. The number of halogens is 2. The Hall–Kier alpha value is -2.18. The van der Waals surface area contributed by atoms with E-state index in [-0.39, 0.29) is 18.2 Å². The zero-order chi connectivity index (χ0) is 16.4. The minimum absolute atomic E-state index is 0.164. The van der Waals surface area contributed by atoms with Crippen molar-refractivity contribution in [2.24, 2.45) is 0 Å². The SMILES string of the molecule is COC(=O)Cc1ccc(Nc2nc3cc(F)ccc3s2)c(Cl)c1. The third-order valence-electron chi connectivity index (χ3n) is 3.20. The Kier molecular flexibility index (Phi) is 4.45. The van der Waals surface area contributed by atoms with Crippen LogP contribution in [-0.4, -0.2) is 18.1 Å². The van der Waals surface area contributed by atoms with Crippen molar-refractivity contribution in [3.63, 3.8) is 0 Å². The Bertz CT molecular complexity index is 882. The van der Waals surface area contributed by atoms with Gasteiger partial charge >= 0.3 is 5.97 Å². The third kappa shape index (κ3) is 3.60. The van der Waals surface area contributed by atoms with E-state index >= 15 is 0 Å². The fraction of sp³-hybridized carbons (Fsp3) is 0.125. The van der Waals surface area contributed by atoms with Crippen LogP contribution in [0.15, 0.2) is 36.4 Å². The summed E-state index contributed by atoms with van der Waals surface area (Å²) >= 11 is 7.64. The molecule has 1 aromatic heterocycles. The van der Waals surface area contributed by atoms with E-state index in [4.69, 9.17) is 11.6 Å². The molecule has 0 saturated heterocycles. The van der Waals surface area contributed by atoms with E-state index in [1.807, 2.05) is 0 Å². The highest BCUT2D eigenvalue weighted by Gasteiger charge is 2.09. The van der Waals surface area contributed by atoms with Crippen LogP contribution < -0.4 is 5.32 Å². The lowest BCUT2D eigenvalue weighted by molar-refractivity contribution is -0.139. The van der Waals surface area contributed by atoms with Crippen LogP contribution in [0.4, 0.5) is 15.2 Å². The van der Waals surface area contributed by atoms with Crippen LogP contribution in [0.2, 0.25) is 5.02 Å². The minimum atomic E-state index is -0.324. The number of carbonyl (C=O) groups is 1. The van der Waals surface area contributed by atoms with E-state index in [0.717, 1.165) is 10.3 Å². The Morgan fingerprint density at radius 1 is 1.35 bits per heavy atom. The Labute approximate surface area is 140 Å². The molecule has 0 spiro atoms. The molecular formula is C16H12ClFN2O2S. The number of rotatable bonds is 4. The van der Waals surface area contributed by atoms with Gasteiger partial charge in [-0.15, -0.1) is 0 Å². The number of benzene rings is 2. The molecule has 0 fully saturated rings. The van der Waals surface area contributed by atoms with Crippen molar-refractivity contribution >= 4 is 49.9 Å². The number of aromatic nitrogens is 1. The predicted molar refractivity (Wildman–Crippen MR) is 90.0 cm³/mol. The fourth-order valence-electron chi connectivity index (χ4n) is 2.08. The first kappa shape index (κ1) is 15.7. The van der Waals surface area contributed by atoms with Crippen molar-refractivity contribution in [1.29, 1.82) is 0 Å². The second-order valence-electron chi connectivity index (χ2n) is 4.82. The fourth-order valence-corrected chi connectivity index (χ4v) is 3.19. The van der Waals surface area contributed by atoms with Gasteiger partial charge in [0.15, 0.2) is 5.13 Å². The molecule has 0 saturated carbocycles. The van der Waals surface area contributed by atoms with Crippen molar-refractivity contribution in [3.8, 4) is 0 Å². The average molecular weight is 351 g/mol. The van der Waals surface area contributed by atoms with E-state index < -0.39 is 0 Å². The quantitative estimate of drug-likeness (QED) is 0.701. The lowest BCUT2D eigenvalue weighted by Gasteiger charge is -2.07. The Morgan fingerprint density at radius 3 is 2.91 bits per heavy atom. The zero-order valence-corrected chi connectivity index (χ0v) is 13.7. The number of nitrogens with zero attached hydrogens (tertiary/aromatic N) is 1. The van der Waals surface area contributed by atoms with Crippen molar-refractivity contribution in [3.05, 3.63) is 52.8 Å². The summed E-state index contributed by atoms with van der Waals surface area (Å²) in [5.74, 6) is -0.644. The molecule has 1 N–H and O–H groups in total. The molecule has 3 aromatic rings. The minimum Gasteiger partial charge on any atom is -0.469 e. The third-order valence-corrected chi connectivity index (χ3v) is 4.47. The summed E-state index contributed by atoms with van der Waals surface area (Å²) in [6, 6.07) is 9.74. The van der Waals surface area contributed by atoms with E-state index in [1.165, 1.54) is 30.6 Å². The molecule has 4 nitrogen and oxygen atoms in total. The van der Waals surface area contributed by atoms with Crippen LogP contribution in [0.5, 0.6) is 0 Å². The zero-order valence-electron chi connectivity index (χ0n) is 12.1. The maximum atomic E-state index is 13.2. The van der Waals surface area contributed by atoms with Crippen LogP contribution in [0, 0.1) is 5.82 Å². The van der Waals surface area contributed by atoms with Crippen molar-refractivity contribution in [2.45, 2.75) is 6.42 Å². The summed E-state index contributed by atoms with van der Waals surface area (Å²) in [6.45, 7) is 0. The number of thiazole rings is 1. The van der Waals surface area contributed by atoms with Gasteiger partial charge < -0.3 is 10.1 Å². The number of methoxy groups -OCH3 is 1. The Balaban J connectivity index is 1.82. The summed E-state index contributed by atoms with van der Waals surface area (Å²) in [6.07, 6.45) is 0.164. The molecule has 2 aromatic carbocycles. The number of esters is 1. The first-order valence-electron chi connectivity index (χ1n) is 6.73. The number of hydrogen-bond donors (Lipinski definition) is 1. The van der Waals surface area contributed by atoms with Gasteiger partial charge in [0.25, 0.3) is 0 Å². The van der Waals surface area contributed by atoms with Gasteiger partial charge in [0, 0.05) is 6.07 Å². The molecule has 0 aliphatic carbocycles. The van der Waals surface area contributed by atoms with Gasteiger partial charge in [0.1, 0.15) is 5.82 Å². The maximum Gasteiger partial charge on any atom is 0.309 e. The molecular weight excluding hydrogens is 339 g/mol. The van der Waals surface area contributed by atoms with Crippen LogP contribution in [0.1, 0.15) is 5.56 Å². The summed E-state index contributed by atoms with van der Waals surface area (Å²) in [5.41, 5.74) is 2.02. The molecule has 0 atom stereocenters. The Morgan fingerprint density at radius 2 is 2.17 bits per heavy atom. The number of nitrogens with one attached hydrogen (secondary N) is 1. The molecule has 0 amide bonds. The summed E-state index contributed by atoms with van der Waals surface area (Å²) in [5, 5.41) is 4.20. The lowest BCUT2D eigenvalue weighted by atomic mass is 10.1. The van der Waals surface area contributed by atoms with Gasteiger partial charge in [0.2, 0.25) is 0 Å². The van der Waals surface area contributed by atoms with Gasteiger partial charge in [-0.2, -0.15) is 0 Å². The largest absolute Gasteiger partial charge is 0.469 e. The molecule has 0 radical (unpaired) electrons. The van der Waals surface area contributed by atoms with Crippen LogP contribution >= 0.6 is 22.9 Å². The van der Waals surface area contributed by atoms with E-state index in [9.17, 15) is 9.18 Å². The second kappa shape index (κ2) is 6.52. The first-order valence-corrected chi connectivity index (χ1v) is 7.93. The molecule has 1 heterocycles. The van der Waals surface area contributed by atoms with Crippen molar-refractivity contribution in [2.75, 3.05) is 12.4 Å². The molecule has 0 aliphatic rings. The van der Waals surface area contributed by atoms with Gasteiger partial charge in [-0.1, -0.05) is 29.0 Å².